The maximum atomic E-state index is 11.0. The summed E-state index contributed by atoms with van der Waals surface area (Å²) in [5.74, 6) is 1.37. The van der Waals surface area contributed by atoms with Crippen LogP contribution in [-0.4, -0.2) is 4.89 Å². The Morgan fingerprint density at radius 2 is 2.04 bits per heavy atom. The number of phosphoric acid groups is 1. The first-order valence-electron chi connectivity index (χ1n) is 9.67. The van der Waals surface area contributed by atoms with Gasteiger partial charge in [-0.1, -0.05) is 35.3 Å². The van der Waals surface area contributed by atoms with Crippen LogP contribution in [0, 0.1) is 11.8 Å². The standard InChI is InChI=1S/C21H27O4P/c1-14(15-7-4-9-18(13-15)25-26(22,23)24)21-17-8-5-11-20(21)19-10-3-2-6-16(19)12-17/h4,7,9,13,17,20H,2-3,5-6,8,10-12H2,1H3,(H2,22,23,24)/p-1/b21-14-. The molecule has 4 nitrogen and oxygen atoms in total. The Morgan fingerprint density at radius 3 is 2.85 bits per heavy atom. The molecule has 1 saturated carbocycles. The molecule has 0 saturated heterocycles. The minimum absolute atomic E-state index is 0.168. The maximum Gasteiger partial charge on any atom is 0.317 e. The topological polar surface area (TPSA) is 69.6 Å². The smallest absolute Gasteiger partial charge is 0.317 e. The molecule has 3 atom stereocenters. The van der Waals surface area contributed by atoms with Gasteiger partial charge in [0.15, 0.2) is 0 Å². The Morgan fingerprint density at radius 1 is 1.23 bits per heavy atom. The zero-order valence-electron chi connectivity index (χ0n) is 15.2. The van der Waals surface area contributed by atoms with Crippen LogP contribution in [0.25, 0.3) is 5.57 Å². The van der Waals surface area contributed by atoms with Crippen molar-refractivity contribution >= 4 is 13.4 Å². The van der Waals surface area contributed by atoms with E-state index in [4.69, 9.17) is 4.89 Å². The van der Waals surface area contributed by atoms with Gasteiger partial charge in [-0.3, -0.25) is 4.57 Å². The van der Waals surface area contributed by atoms with Gasteiger partial charge >= 0.3 is 7.82 Å². The second kappa shape index (κ2) is 6.99. The molecule has 0 spiro atoms. The third-order valence-corrected chi connectivity index (χ3v) is 6.77. The number of rotatable bonds is 3. The highest BCUT2D eigenvalue weighted by atomic mass is 31.2. The molecule has 26 heavy (non-hydrogen) atoms. The van der Waals surface area contributed by atoms with E-state index in [1.54, 1.807) is 34.9 Å². The van der Waals surface area contributed by atoms with Crippen molar-refractivity contribution in [3.05, 3.63) is 46.5 Å². The highest BCUT2D eigenvalue weighted by molar-refractivity contribution is 7.45. The number of hydrogen-bond acceptors (Lipinski definition) is 3. The highest BCUT2D eigenvalue weighted by Gasteiger charge is 2.37. The molecule has 0 radical (unpaired) electrons. The molecule has 1 N–H and O–H groups in total. The van der Waals surface area contributed by atoms with Gasteiger partial charge in [-0.15, -0.1) is 0 Å². The Balaban J connectivity index is 1.73. The van der Waals surface area contributed by atoms with E-state index >= 15 is 0 Å². The monoisotopic (exact) mass is 373 g/mol. The van der Waals surface area contributed by atoms with Gasteiger partial charge in [-0.25, -0.2) is 0 Å². The van der Waals surface area contributed by atoms with Crippen LogP contribution < -0.4 is 9.42 Å². The fourth-order valence-corrected chi connectivity index (χ4v) is 5.71. The van der Waals surface area contributed by atoms with E-state index in [9.17, 15) is 9.46 Å². The molecule has 0 aliphatic heterocycles. The zero-order valence-corrected chi connectivity index (χ0v) is 16.1. The Bertz CT molecular complexity index is 817. The van der Waals surface area contributed by atoms with Crippen molar-refractivity contribution in [3.63, 3.8) is 0 Å². The molecule has 4 rings (SSSR count). The average molecular weight is 373 g/mol. The molecule has 0 amide bonds. The Kier molecular flexibility index (Phi) is 4.85. The molecule has 0 aromatic heterocycles. The number of allylic oxidation sites excluding steroid dienone is 4. The summed E-state index contributed by atoms with van der Waals surface area (Å²) >= 11 is 0. The molecular formula is C21H26O4P-. The van der Waals surface area contributed by atoms with Crippen LogP contribution in [0.2, 0.25) is 0 Å². The molecule has 5 heteroatoms. The Hall–Kier alpha value is -1.35. The van der Waals surface area contributed by atoms with Gasteiger partial charge in [-0.2, -0.15) is 0 Å². The van der Waals surface area contributed by atoms with Crippen molar-refractivity contribution in [2.45, 2.75) is 58.3 Å². The van der Waals surface area contributed by atoms with Gasteiger partial charge in [0, 0.05) is 5.92 Å². The fraction of sp³-hybridized carbons (Fsp3) is 0.524. The minimum Gasteiger partial charge on any atom is -0.746 e. The van der Waals surface area contributed by atoms with Crippen LogP contribution in [0.4, 0.5) is 0 Å². The predicted molar refractivity (Wildman–Crippen MR) is 100 cm³/mol. The van der Waals surface area contributed by atoms with Gasteiger partial charge in [-0.05, 0) is 81.1 Å². The lowest BCUT2D eigenvalue weighted by Gasteiger charge is -2.43. The molecule has 2 bridgehead atoms. The maximum absolute atomic E-state index is 11.0. The van der Waals surface area contributed by atoms with Crippen molar-refractivity contribution in [2.24, 2.45) is 11.8 Å². The second-order valence-corrected chi connectivity index (χ2v) is 9.01. The minimum atomic E-state index is -4.78. The summed E-state index contributed by atoms with van der Waals surface area (Å²) in [6, 6.07) is 7.08. The van der Waals surface area contributed by atoms with Crippen LogP contribution in [-0.2, 0) is 4.57 Å². The molecular weight excluding hydrogens is 347 g/mol. The van der Waals surface area contributed by atoms with Gasteiger partial charge in [0.2, 0.25) is 0 Å². The molecule has 3 aliphatic carbocycles. The number of phosphoric ester groups is 1. The first-order valence-corrected chi connectivity index (χ1v) is 11.2. The molecule has 1 fully saturated rings. The lowest BCUT2D eigenvalue weighted by Crippen LogP contribution is -2.29. The van der Waals surface area contributed by atoms with Crippen LogP contribution in [0.5, 0.6) is 5.75 Å². The molecule has 3 unspecified atom stereocenters. The predicted octanol–water partition coefficient (Wildman–Crippen LogP) is 4.99. The SMILES string of the molecule is C/C(=C1\C2CCCC1C1=C(CCCC1)C2)c1cccc(OP(=O)([O-])O)c1. The van der Waals surface area contributed by atoms with E-state index in [1.165, 1.54) is 56.9 Å². The van der Waals surface area contributed by atoms with E-state index < -0.39 is 7.82 Å². The summed E-state index contributed by atoms with van der Waals surface area (Å²) in [4.78, 5) is 20.0. The first-order chi connectivity index (χ1) is 12.4. The highest BCUT2D eigenvalue weighted by Crippen LogP contribution is 2.53. The molecule has 1 aromatic rings. The molecule has 1 aromatic carbocycles. The zero-order chi connectivity index (χ0) is 18.3. The van der Waals surface area contributed by atoms with E-state index in [2.05, 4.69) is 11.4 Å². The number of fused-ring (bicyclic) bond motifs is 3. The third-order valence-electron chi connectivity index (χ3n) is 6.32. The van der Waals surface area contributed by atoms with Crippen molar-refractivity contribution in [3.8, 4) is 5.75 Å². The van der Waals surface area contributed by atoms with E-state index in [0.717, 1.165) is 5.56 Å². The van der Waals surface area contributed by atoms with Gasteiger partial charge in [0.05, 0.1) is 0 Å². The van der Waals surface area contributed by atoms with E-state index in [-0.39, 0.29) is 5.75 Å². The molecule has 140 valence electrons. The largest absolute Gasteiger partial charge is 0.746 e. The normalized spacial score (nSPS) is 29.7. The number of benzene rings is 1. The van der Waals surface area contributed by atoms with Crippen LogP contribution in [0.1, 0.15) is 63.9 Å². The van der Waals surface area contributed by atoms with E-state index in [0.29, 0.717) is 11.8 Å². The summed E-state index contributed by atoms with van der Waals surface area (Å²) in [6.07, 6.45) is 10.2. The summed E-state index contributed by atoms with van der Waals surface area (Å²) in [5, 5.41) is 0. The van der Waals surface area contributed by atoms with Crippen molar-refractivity contribution < 1.29 is 18.9 Å². The third kappa shape index (κ3) is 3.55. The lowest BCUT2D eigenvalue weighted by molar-refractivity contribution is -0.211. The number of hydrogen-bond donors (Lipinski definition) is 1. The summed E-state index contributed by atoms with van der Waals surface area (Å²) in [5.41, 5.74) is 7.23. The van der Waals surface area contributed by atoms with Crippen LogP contribution in [0.15, 0.2) is 41.0 Å². The second-order valence-electron chi connectivity index (χ2n) is 7.89. The fourth-order valence-electron chi connectivity index (χ4n) is 5.33. The van der Waals surface area contributed by atoms with Crippen molar-refractivity contribution in [1.82, 2.24) is 0 Å². The lowest BCUT2D eigenvalue weighted by atomic mass is 9.61. The molecule has 0 heterocycles. The molecule has 3 aliphatic rings. The van der Waals surface area contributed by atoms with Crippen LogP contribution >= 0.6 is 7.82 Å². The quantitative estimate of drug-likeness (QED) is 0.599. The average Bonchev–Trinajstić information content (AvgIpc) is 2.59. The van der Waals surface area contributed by atoms with Crippen molar-refractivity contribution in [2.75, 3.05) is 0 Å². The summed E-state index contributed by atoms with van der Waals surface area (Å²) in [6.45, 7) is 2.16. The summed E-state index contributed by atoms with van der Waals surface area (Å²) in [7, 11) is -4.78. The van der Waals surface area contributed by atoms with Gasteiger partial charge in [0.25, 0.3) is 0 Å². The first kappa shape index (κ1) is 18.0. The van der Waals surface area contributed by atoms with Gasteiger partial charge in [0.1, 0.15) is 5.75 Å². The van der Waals surface area contributed by atoms with E-state index in [1.807, 2.05) is 6.07 Å². The van der Waals surface area contributed by atoms with Crippen LogP contribution in [0.3, 0.4) is 0 Å². The van der Waals surface area contributed by atoms with Crippen molar-refractivity contribution in [1.29, 1.82) is 0 Å². The Labute approximate surface area is 155 Å². The summed E-state index contributed by atoms with van der Waals surface area (Å²) < 4.78 is 15.7. The van der Waals surface area contributed by atoms with Gasteiger partial charge < -0.3 is 14.3 Å².